The van der Waals surface area contributed by atoms with Gasteiger partial charge in [-0.25, -0.2) is 4.39 Å². The molecule has 9 heteroatoms. The molecule has 1 unspecified atom stereocenters. The second kappa shape index (κ2) is 7.50. The summed E-state index contributed by atoms with van der Waals surface area (Å²) in [6.45, 7) is 0.270. The summed E-state index contributed by atoms with van der Waals surface area (Å²) in [5.74, 6) is -1.09. The van der Waals surface area contributed by atoms with Crippen LogP contribution in [0, 0.1) is 11.7 Å². The van der Waals surface area contributed by atoms with Gasteiger partial charge in [0.25, 0.3) is 0 Å². The summed E-state index contributed by atoms with van der Waals surface area (Å²) in [5, 5.41) is 10.9. The van der Waals surface area contributed by atoms with E-state index in [1.54, 1.807) is 65.1 Å². The van der Waals surface area contributed by atoms with Crippen molar-refractivity contribution < 1.29 is 14.0 Å². The van der Waals surface area contributed by atoms with E-state index in [0.29, 0.717) is 29.1 Å². The minimum absolute atomic E-state index is 0.0337. The highest BCUT2D eigenvalue weighted by Gasteiger charge is 2.31. The third-order valence-corrected chi connectivity index (χ3v) is 5.12. The van der Waals surface area contributed by atoms with Crippen LogP contribution in [-0.2, 0) is 23.7 Å². The van der Waals surface area contributed by atoms with Gasteiger partial charge >= 0.3 is 0 Å². The maximum absolute atomic E-state index is 14.6. The van der Waals surface area contributed by atoms with Crippen molar-refractivity contribution in [1.82, 2.24) is 19.6 Å². The van der Waals surface area contributed by atoms with Gasteiger partial charge in [0.2, 0.25) is 11.8 Å². The smallest absolute Gasteiger partial charge is 0.229 e. The Kier molecular flexibility index (Phi) is 4.87. The SMILES string of the molecule is Cn1cc(N2CC(C(=O)Nc3ccc(-c4ccnn4C)c(F)c3)CCC2=O)cn1. The van der Waals surface area contributed by atoms with E-state index in [9.17, 15) is 14.0 Å². The van der Waals surface area contributed by atoms with Gasteiger partial charge in [0.15, 0.2) is 0 Å². The minimum Gasteiger partial charge on any atom is -0.326 e. The van der Waals surface area contributed by atoms with Gasteiger partial charge in [0.1, 0.15) is 5.82 Å². The van der Waals surface area contributed by atoms with Crippen molar-refractivity contribution in [3.8, 4) is 11.3 Å². The highest BCUT2D eigenvalue weighted by molar-refractivity contribution is 5.99. The molecule has 1 atom stereocenters. The Hall–Kier alpha value is -3.49. The Morgan fingerprint density at radius 3 is 2.72 bits per heavy atom. The first kappa shape index (κ1) is 18.9. The first-order valence-corrected chi connectivity index (χ1v) is 9.30. The first-order chi connectivity index (χ1) is 13.9. The molecule has 0 bridgehead atoms. The van der Waals surface area contributed by atoms with Gasteiger partial charge in [-0.1, -0.05) is 0 Å². The van der Waals surface area contributed by atoms with E-state index in [2.05, 4.69) is 15.5 Å². The molecule has 1 aliphatic heterocycles. The Morgan fingerprint density at radius 2 is 2.07 bits per heavy atom. The van der Waals surface area contributed by atoms with E-state index in [4.69, 9.17) is 0 Å². The Balaban J connectivity index is 1.47. The molecule has 150 valence electrons. The van der Waals surface area contributed by atoms with Crippen molar-refractivity contribution in [3.05, 3.63) is 48.7 Å². The van der Waals surface area contributed by atoms with Crippen molar-refractivity contribution in [1.29, 1.82) is 0 Å². The molecule has 1 aliphatic rings. The van der Waals surface area contributed by atoms with Gasteiger partial charge in [0.05, 0.1) is 23.5 Å². The van der Waals surface area contributed by atoms with E-state index >= 15 is 0 Å². The van der Waals surface area contributed by atoms with Crippen molar-refractivity contribution in [3.63, 3.8) is 0 Å². The third kappa shape index (κ3) is 3.75. The highest BCUT2D eigenvalue weighted by atomic mass is 19.1. The van der Waals surface area contributed by atoms with Gasteiger partial charge in [-0.2, -0.15) is 10.2 Å². The van der Waals surface area contributed by atoms with E-state index < -0.39 is 5.82 Å². The number of hydrogen-bond acceptors (Lipinski definition) is 4. The van der Waals surface area contributed by atoms with E-state index in [-0.39, 0.29) is 30.7 Å². The number of nitrogens with zero attached hydrogens (tertiary/aromatic N) is 5. The second-order valence-electron chi connectivity index (χ2n) is 7.14. The van der Waals surface area contributed by atoms with Crippen LogP contribution in [0.1, 0.15) is 12.8 Å². The monoisotopic (exact) mass is 396 g/mol. The molecule has 3 heterocycles. The fourth-order valence-corrected chi connectivity index (χ4v) is 3.54. The fraction of sp³-hybridized carbons (Fsp3) is 0.300. The van der Waals surface area contributed by atoms with E-state index in [1.165, 1.54) is 6.07 Å². The van der Waals surface area contributed by atoms with Gasteiger partial charge in [0, 0.05) is 50.7 Å². The number of aryl methyl sites for hydroxylation is 2. The molecule has 8 nitrogen and oxygen atoms in total. The van der Waals surface area contributed by atoms with E-state index in [1.807, 2.05) is 0 Å². The molecule has 1 fully saturated rings. The van der Waals surface area contributed by atoms with Crippen LogP contribution < -0.4 is 10.2 Å². The number of anilines is 2. The number of amides is 2. The first-order valence-electron chi connectivity index (χ1n) is 9.30. The fourth-order valence-electron chi connectivity index (χ4n) is 3.54. The van der Waals surface area contributed by atoms with E-state index in [0.717, 1.165) is 0 Å². The summed E-state index contributed by atoms with van der Waals surface area (Å²) in [7, 11) is 3.51. The Bertz CT molecular complexity index is 1070. The molecule has 2 amide bonds. The zero-order chi connectivity index (χ0) is 20.5. The van der Waals surface area contributed by atoms with Gasteiger partial charge in [-0.15, -0.1) is 0 Å². The average molecular weight is 396 g/mol. The van der Waals surface area contributed by atoms with Crippen LogP contribution in [0.25, 0.3) is 11.3 Å². The molecule has 1 N–H and O–H groups in total. The molecule has 4 rings (SSSR count). The van der Waals surface area contributed by atoms with Crippen LogP contribution in [0.15, 0.2) is 42.9 Å². The third-order valence-electron chi connectivity index (χ3n) is 5.12. The molecule has 1 aromatic carbocycles. The molecular formula is C20H21FN6O2. The van der Waals surface area contributed by atoms with Crippen molar-refractivity contribution >= 4 is 23.2 Å². The molecule has 29 heavy (non-hydrogen) atoms. The summed E-state index contributed by atoms with van der Waals surface area (Å²) in [4.78, 5) is 26.6. The van der Waals surface area contributed by atoms with Crippen LogP contribution in [0.2, 0.25) is 0 Å². The second-order valence-corrected chi connectivity index (χ2v) is 7.14. The molecule has 0 radical (unpaired) electrons. The summed E-state index contributed by atoms with van der Waals surface area (Å²) >= 11 is 0. The van der Waals surface area contributed by atoms with Crippen LogP contribution in [0.4, 0.5) is 15.8 Å². The molecule has 0 aliphatic carbocycles. The number of piperidine rings is 1. The zero-order valence-corrected chi connectivity index (χ0v) is 16.2. The zero-order valence-electron chi connectivity index (χ0n) is 16.2. The Labute approximate surface area is 166 Å². The lowest BCUT2D eigenvalue weighted by molar-refractivity contribution is -0.124. The summed E-state index contributed by atoms with van der Waals surface area (Å²) in [5.41, 5.74) is 2.11. The quantitative estimate of drug-likeness (QED) is 0.734. The van der Waals surface area contributed by atoms with Crippen LogP contribution in [0.3, 0.4) is 0 Å². The number of carbonyl (C=O) groups excluding carboxylic acids is 2. The number of benzene rings is 1. The number of carbonyl (C=O) groups is 2. The number of nitrogens with one attached hydrogen (secondary N) is 1. The van der Waals surface area contributed by atoms with Gasteiger partial charge in [-0.05, 0) is 30.7 Å². The molecule has 3 aromatic rings. The van der Waals surface area contributed by atoms with Crippen LogP contribution >= 0.6 is 0 Å². The predicted octanol–water partition coefficient (Wildman–Crippen LogP) is 2.34. The minimum atomic E-state index is -0.442. The molecule has 2 aromatic heterocycles. The van der Waals surface area contributed by atoms with Gasteiger partial charge < -0.3 is 10.2 Å². The lowest BCUT2D eigenvalue weighted by Gasteiger charge is -2.31. The average Bonchev–Trinajstić information content (AvgIpc) is 3.30. The topological polar surface area (TPSA) is 85.0 Å². The number of hydrogen-bond donors (Lipinski definition) is 1. The van der Waals surface area contributed by atoms with Crippen LogP contribution in [0.5, 0.6) is 0 Å². The predicted molar refractivity (Wildman–Crippen MR) is 106 cm³/mol. The maximum Gasteiger partial charge on any atom is 0.229 e. The normalized spacial score (nSPS) is 16.9. The van der Waals surface area contributed by atoms with Crippen LogP contribution in [-0.4, -0.2) is 37.9 Å². The standard InChI is InChI=1S/C20H21FN6O2/c1-25-12-15(10-23-25)27-11-13(3-6-19(27)28)20(29)24-14-4-5-16(17(21)9-14)18-7-8-22-26(18)2/h4-5,7-10,12-13H,3,6,11H2,1-2H3,(H,24,29). The highest BCUT2D eigenvalue weighted by Crippen LogP contribution is 2.27. The summed E-state index contributed by atoms with van der Waals surface area (Å²) in [6, 6.07) is 6.31. The van der Waals surface area contributed by atoms with Gasteiger partial charge in [-0.3, -0.25) is 19.0 Å². The molecule has 0 spiro atoms. The summed E-state index contributed by atoms with van der Waals surface area (Å²) < 4.78 is 17.8. The lowest BCUT2D eigenvalue weighted by Crippen LogP contribution is -2.44. The molecular weight excluding hydrogens is 375 g/mol. The summed E-state index contributed by atoms with van der Waals surface area (Å²) in [6.07, 6.45) is 5.68. The molecule has 0 saturated carbocycles. The largest absolute Gasteiger partial charge is 0.326 e. The van der Waals surface area contributed by atoms with Crippen molar-refractivity contribution in [2.24, 2.45) is 20.0 Å². The van der Waals surface area contributed by atoms with Crippen molar-refractivity contribution in [2.45, 2.75) is 12.8 Å². The maximum atomic E-state index is 14.6. The lowest BCUT2D eigenvalue weighted by atomic mass is 9.96. The Morgan fingerprint density at radius 1 is 1.24 bits per heavy atom. The number of halogens is 1. The number of aromatic nitrogens is 4. The van der Waals surface area contributed by atoms with Crippen molar-refractivity contribution in [2.75, 3.05) is 16.8 Å². The molecule has 1 saturated heterocycles. The number of rotatable bonds is 4.